The molecule has 64 valence electrons. The largest absolute Gasteiger partial charge is 0.506 e. The Hall–Kier alpha value is -0.710. The van der Waals surface area contributed by atoms with Gasteiger partial charge < -0.3 is 10.8 Å². The normalized spacial score (nSPS) is 10.8. The third-order valence-electron chi connectivity index (χ3n) is 1.53. The second-order valence-corrected chi connectivity index (χ2v) is 3.56. The molecule has 0 unspecified atom stereocenters. The number of phenols is 1. The van der Waals surface area contributed by atoms with E-state index in [4.69, 9.17) is 5.73 Å². The first kappa shape index (κ1) is 9.38. The number of allylic oxidation sites excluding steroid dienone is 1. The van der Waals surface area contributed by atoms with Gasteiger partial charge in [-0.25, -0.2) is 0 Å². The van der Waals surface area contributed by atoms with Crippen LogP contribution in [0, 0.1) is 3.57 Å². The molecule has 0 atom stereocenters. The minimum absolute atomic E-state index is 0.258. The van der Waals surface area contributed by atoms with Crippen molar-refractivity contribution in [2.75, 3.05) is 5.73 Å². The minimum Gasteiger partial charge on any atom is -0.506 e. The van der Waals surface area contributed by atoms with Crippen molar-refractivity contribution >= 4 is 34.4 Å². The molecule has 0 aliphatic heterocycles. The molecule has 0 saturated carbocycles. The van der Waals surface area contributed by atoms with Gasteiger partial charge in [0.25, 0.3) is 0 Å². The van der Waals surface area contributed by atoms with E-state index >= 15 is 0 Å². The molecule has 0 aliphatic carbocycles. The van der Waals surface area contributed by atoms with Gasteiger partial charge in [0.05, 0.1) is 3.57 Å². The summed E-state index contributed by atoms with van der Waals surface area (Å²) in [5.41, 5.74) is 6.96. The summed E-state index contributed by atoms with van der Waals surface area (Å²) in [6.45, 7) is 1.89. The fourth-order valence-corrected chi connectivity index (χ4v) is 1.41. The summed E-state index contributed by atoms with van der Waals surface area (Å²) in [7, 11) is 0. The maximum Gasteiger partial charge on any atom is 0.138 e. The Morgan fingerprint density at radius 1 is 1.50 bits per heavy atom. The molecule has 0 saturated heterocycles. The lowest BCUT2D eigenvalue weighted by atomic mass is 10.1. The van der Waals surface area contributed by atoms with Crippen LogP contribution in [0.5, 0.6) is 5.75 Å². The molecule has 0 aliphatic rings. The number of aromatic hydroxyl groups is 1. The van der Waals surface area contributed by atoms with Crippen molar-refractivity contribution in [2.24, 2.45) is 0 Å². The molecule has 3 heteroatoms. The zero-order valence-electron chi connectivity index (χ0n) is 6.71. The number of halogens is 1. The van der Waals surface area contributed by atoms with Gasteiger partial charge in [0.2, 0.25) is 0 Å². The van der Waals surface area contributed by atoms with E-state index in [1.54, 1.807) is 18.2 Å². The van der Waals surface area contributed by atoms with Crippen LogP contribution in [-0.4, -0.2) is 5.11 Å². The molecular weight excluding hydrogens is 265 g/mol. The molecule has 2 nitrogen and oxygen atoms in total. The number of nitrogen functional groups attached to an aromatic ring is 1. The molecule has 1 aromatic carbocycles. The van der Waals surface area contributed by atoms with Gasteiger partial charge in [-0.1, -0.05) is 12.2 Å². The molecule has 0 aromatic heterocycles. The maximum atomic E-state index is 9.57. The SMILES string of the molecule is C/C=C\c1c(N)ccc(I)c1O. The lowest BCUT2D eigenvalue weighted by Crippen LogP contribution is -1.90. The van der Waals surface area contributed by atoms with Crippen LogP contribution in [0.3, 0.4) is 0 Å². The zero-order valence-corrected chi connectivity index (χ0v) is 8.87. The van der Waals surface area contributed by atoms with Crippen LogP contribution < -0.4 is 5.73 Å². The Balaban J connectivity index is 3.32. The third-order valence-corrected chi connectivity index (χ3v) is 2.41. The second-order valence-electron chi connectivity index (χ2n) is 2.40. The van der Waals surface area contributed by atoms with Gasteiger partial charge in [0, 0.05) is 11.3 Å². The molecule has 3 N–H and O–H groups in total. The highest BCUT2D eigenvalue weighted by atomic mass is 127. The van der Waals surface area contributed by atoms with Gasteiger partial charge >= 0.3 is 0 Å². The summed E-state index contributed by atoms with van der Waals surface area (Å²) in [4.78, 5) is 0. The summed E-state index contributed by atoms with van der Waals surface area (Å²) in [6, 6.07) is 3.58. The van der Waals surface area contributed by atoms with Crippen molar-refractivity contribution in [1.29, 1.82) is 0 Å². The fourth-order valence-electron chi connectivity index (χ4n) is 0.939. The molecule has 0 spiro atoms. The Morgan fingerprint density at radius 2 is 2.17 bits per heavy atom. The number of hydrogen-bond acceptors (Lipinski definition) is 2. The van der Waals surface area contributed by atoms with Crippen LogP contribution in [0.25, 0.3) is 6.08 Å². The van der Waals surface area contributed by atoms with Crippen molar-refractivity contribution in [3.63, 3.8) is 0 Å². The topological polar surface area (TPSA) is 46.2 Å². The van der Waals surface area contributed by atoms with E-state index < -0.39 is 0 Å². The highest BCUT2D eigenvalue weighted by Crippen LogP contribution is 2.29. The monoisotopic (exact) mass is 275 g/mol. The summed E-state index contributed by atoms with van der Waals surface area (Å²) in [5, 5.41) is 9.57. The first-order valence-electron chi connectivity index (χ1n) is 3.56. The lowest BCUT2D eigenvalue weighted by Gasteiger charge is -2.04. The van der Waals surface area contributed by atoms with Crippen LogP contribution in [0.1, 0.15) is 12.5 Å². The molecule has 0 bridgehead atoms. The zero-order chi connectivity index (χ0) is 9.14. The van der Waals surface area contributed by atoms with Crippen molar-refractivity contribution in [2.45, 2.75) is 6.92 Å². The fraction of sp³-hybridized carbons (Fsp3) is 0.111. The summed E-state index contributed by atoms with van der Waals surface area (Å²) in [6.07, 6.45) is 3.65. The first-order chi connectivity index (χ1) is 5.66. The molecule has 1 rings (SSSR count). The summed E-state index contributed by atoms with van der Waals surface area (Å²) < 4.78 is 0.815. The molecular formula is C9H10INO. The first-order valence-corrected chi connectivity index (χ1v) is 4.64. The Bertz CT molecular complexity index is 321. The van der Waals surface area contributed by atoms with Gasteiger partial charge in [0.15, 0.2) is 0 Å². The lowest BCUT2D eigenvalue weighted by molar-refractivity contribution is 0.470. The van der Waals surface area contributed by atoms with Crippen molar-refractivity contribution in [3.8, 4) is 5.75 Å². The van der Waals surface area contributed by atoms with Crippen LogP contribution >= 0.6 is 22.6 Å². The average molecular weight is 275 g/mol. The standard InChI is InChI=1S/C9H10INO/c1-2-3-6-8(11)5-4-7(10)9(6)12/h2-5,12H,11H2,1H3/b3-2-. The second kappa shape index (κ2) is 3.80. The molecule has 12 heavy (non-hydrogen) atoms. The molecule has 0 radical (unpaired) electrons. The van der Waals surface area contributed by atoms with Gasteiger partial charge in [-0.3, -0.25) is 0 Å². The Labute approximate surface area is 85.2 Å². The molecule has 1 aromatic rings. The number of phenolic OH excluding ortho intramolecular Hbond substituents is 1. The number of anilines is 1. The van der Waals surface area contributed by atoms with Gasteiger partial charge in [-0.15, -0.1) is 0 Å². The number of rotatable bonds is 1. The predicted molar refractivity (Wildman–Crippen MR) is 59.9 cm³/mol. The summed E-state index contributed by atoms with van der Waals surface area (Å²) >= 11 is 2.07. The van der Waals surface area contributed by atoms with Crippen LogP contribution in [0.15, 0.2) is 18.2 Å². The molecule has 0 amide bonds. The van der Waals surface area contributed by atoms with E-state index in [0.29, 0.717) is 11.3 Å². The van der Waals surface area contributed by atoms with Crippen molar-refractivity contribution in [1.82, 2.24) is 0 Å². The predicted octanol–water partition coefficient (Wildman–Crippen LogP) is 2.61. The molecule has 0 fully saturated rings. The third kappa shape index (κ3) is 1.72. The number of nitrogens with two attached hydrogens (primary N) is 1. The smallest absolute Gasteiger partial charge is 0.138 e. The Morgan fingerprint density at radius 3 is 2.75 bits per heavy atom. The van der Waals surface area contributed by atoms with E-state index in [0.717, 1.165) is 3.57 Å². The molecule has 0 heterocycles. The number of benzene rings is 1. The van der Waals surface area contributed by atoms with E-state index in [1.165, 1.54) is 0 Å². The maximum absolute atomic E-state index is 9.57. The Kier molecular flexibility index (Phi) is 2.97. The van der Waals surface area contributed by atoms with Gasteiger partial charge in [0.1, 0.15) is 5.75 Å². The quantitative estimate of drug-likeness (QED) is 0.611. The van der Waals surface area contributed by atoms with E-state index in [9.17, 15) is 5.11 Å². The van der Waals surface area contributed by atoms with Crippen LogP contribution in [0.4, 0.5) is 5.69 Å². The van der Waals surface area contributed by atoms with Crippen molar-refractivity contribution < 1.29 is 5.11 Å². The summed E-state index contributed by atoms with van der Waals surface area (Å²) in [5.74, 6) is 0.258. The van der Waals surface area contributed by atoms with E-state index in [2.05, 4.69) is 22.6 Å². The van der Waals surface area contributed by atoms with Crippen molar-refractivity contribution in [3.05, 3.63) is 27.3 Å². The average Bonchev–Trinajstić information content (AvgIpc) is 2.06. The van der Waals surface area contributed by atoms with E-state index in [1.807, 2.05) is 13.0 Å². The highest BCUT2D eigenvalue weighted by molar-refractivity contribution is 14.1. The minimum atomic E-state index is 0.258. The van der Waals surface area contributed by atoms with E-state index in [-0.39, 0.29) is 5.75 Å². The van der Waals surface area contributed by atoms with Gasteiger partial charge in [-0.05, 0) is 41.6 Å². The highest BCUT2D eigenvalue weighted by Gasteiger charge is 2.04. The van der Waals surface area contributed by atoms with Crippen LogP contribution in [0.2, 0.25) is 0 Å². The number of hydrogen-bond donors (Lipinski definition) is 2. The van der Waals surface area contributed by atoms with Crippen LogP contribution in [-0.2, 0) is 0 Å². The van der Waals surface area contributed by atoms with Gasteiger partial charge in [-0.2, -0.15) is 0 Å².